The van der Waals surface area contributed by atoms with Gasteiger partial charge in [0.05, 0.1) is 68.9 Å². The monoisotopic (exact) mass is 1670 g/mol. The smallest absolute Gasteiger partial charge is 0.871 e. The number of sulfone groups is 2. The molecule has 0 aliphatic rings. The average Bonchev–Trinajstić information content (AvgIpc) is 0.769. The third-order valence-corrected chi connectivity index (χ3v) is 20.5. The van der Waals surface area contributed by atoms with Crippen LogP contribution in [0.5, 0.6) is 23.0 Å². The minimum Gasteiger partial charge on any atom is -0.871 e. The third kappa shape index (κ3) is 24.5. The van der Waals surface area contributed by atoms with Crippen molar-refractivity contribution in [2.75, 3.05) is 59.2 Å². The van der Waals surface area contributed by atoms with Gasteiger partial charge in [0, 0.05) is 22.7 Å². The molecule has 2 heterocycles. The number of hydrogen-bond acceptors (Lipinski definition) is 34. The number of benzene rings is 8. The van der Waals surface area contributed by atoms with E-state index in [0.717, 1.165) is 12.1 Å². The van der Waals surface area contributed by atoms with Crippen molar-refractivity contribution in [3.05, 3.63) is 144 Å². The summed E-state index contributed by atoms with van der Waals surface area (Å²) in [6.07, 6.45) is 0.994. The summed E-state index contributed by atoms with van der Waals surface area (Å²) in [6.45, 7) is 2.24. The summed E-state index contributed by atoms with van der Waals surface area (Å²) in [5.41, 5.74) is 0.151. The largest absolute Gasteiger partial charge is 1.00 e. The fourth-order valence-corrected chi connectivity index (χ4v) is 14.1. The SMILES string of the molecule is CCCOc1cc(-c2ccc(N=Nc3c(S(=O)(=O)[O-])cc4cc(Nc5nc(Cl)nc(Nc6ccc(S(=O)(=O)CCOS(=O)(=O)O)cc6)n5)ccc4c3[O-])c(OCCC)c2)ccc1N=Nc1c(S(=O)(=O)[O-])cc2cc(Nc3nc(Cl)nc(Nc4ccc(S(=O)(=O)CCOS(=O)(=O)O)cc4)n3)ccc2c1[O-].[Na+].[Na+].[Na+].[Na+]. The van der Waals surface area contributed by atoms with Gasteiger partial charge in [-0.25, -0.2) is 42.0 Å². The number of nitrogens with zero attached hydrogens (tertiary/aromatic N) is 10. The molecule has 10 aromatic rings. The molecule has 6 N–H and O–H groups in total. The molecule has 0 saturated carbocycles. The average molecular weight is 1670 g/mol. The van der Waals surface area contributed by atoms with Crippen LogP contribution in [0.4, 0.5) is 69.3 Å². The van der Waals surface area contributed by atoms with Crippen molar-refractivity contribution < 1.29 is 215 Å². The van der Waals surface area contributed by atoms with E-state index in [1.165, 1.54) is 97.1 Å². The zero-order valence-electron chi connectivity index (χ0n) is 57.1. The standard InChI is InChI=1S/C60H54Cl2N14O22S6.4Na/c1-3-21-95-47-29-33(5-19-45(47)73-75-51-49(101(83,84)85)31-35-27-39(11-17-43(35)53(51)77)65-59-69-55(61)67-57(71-59)63-37-7-13-41(14-8-37)99(79,80)25-23-97-103(89,90)91)34-6-20-46(48(30-34)96-22-4-2)74-76-52-50(102(86,87)88)32-36-28-40(12-18-44(36)54(52)78)66-60-70-56(62)68-58(72-60)64-38-9-15-42(16-10-38)100(81,82)26-24-98-104(92,93)94;;;;/h5-20,27-32,77-78H,3-4,21-26H2,1-2H3,(H,83,84,85)(H,86,87,88)(H,89,90,91)(H,92,93,94)(H2,63,65,67,69,71)(H2,64,66,68,70,72);;;;/q;4*+1/p-4. The fourth-order valence-electron chi connectivity index (χ4n) is 9.48. The Labute approximate surface area is 715 Å². The Kier molecular flexibility index (Phi) is 32.3. The zero-order chi connectivity index (χ0) is 75.1. The van der Waals surface area contributed by atoms with E-state index in [4.69, 9.17) is 41.8 Å². The second kappa shape index (κ2) is 38.4. The van der Waals surface area contributed by atoms with E-state index in [2.05, 4.69) is 80.0 Å². The van der Waals surface area contributed by atoms with Gasteiger partial charge in [0.2, 0.25) is 34.4 Å². The number of hydrogen-bond donors (Lipinski definition) is 6. The molecule has 0 aliphatic heterocycles. The van der Waals surface area contributed by atoms with Gasteiger partial charge in [-0.1, -0.05) is 49.6 Å². The van der Waals surface area contributed by atoms with Crippen LogP contribution in [-0.4, -0.2) is 137 Å². The summed E-state index contributed by atoms with van der Waals surface area (Å²) in [6, 6.07) is 29.2. The Balaban J connectivity index is 0.00000456. The van der Waals surface area contributed by atoms with Crippen LogP contribution in [0.1, 0.15) is 26.7 Å². The van der Waals surface area contributed by atoms with Crippen LogP contribution in [0, 0.1) is 0 Å². The number of anilines is 8. The summed E-state index contributed by atoms with van der Waals surface area (Å²) in [5.74, 6) is -3.96. The van der Waals surface area contributed by atoms with Gasteiger partial charge >= 0.3 is 139 Å². The minimum atomic E-state index is -5.43. The number of nitrogens with one attached hydrogen (secondary N) is 4. The second-order valence-electron chi connectivity index (χ2n) is 21.5. The van der Waals surface area contributed by atoms with Crippen LogP contribution in [0.3, 0.4) is 0 Å². The molecule has 0 atom stereocenters. The van der Waals surface area contributed by atoms with Crippen molar-refractivity contribution in [2.24, 2.45) is 20.5 Å². The third-order valence-electron chi connectivity index (χ3n) is 14.1. The molecule has 0 radical (unpaired) electrons. The van der Waals surface area contributed by atoms with Gasteiger partial charge in [0.15, 0.2) is 19.7 Å². The minimum absolute atomic E-state index is 0. The molecule has 0 unspecified atom stereocenters. The van der Waals surface area contributed by atoms with Gasteiger partial charge in [-0.2, -0.15) is 46.7 Å². The number of fused-ring (bicyclic) bond motifs is 2. The summed E-state index contributed by atoms with van der Waals surface area (Å²) in [7, 11) is -28.7. The predicted molar refractivity (Wildman–Crippen MR) is 369 cm³/mol. The summed E-state index contributed by atoms with van der Waals surface area (Å²) in [5, 5.41) is 55.1. The maximum atomic E-state index is 14.1. The van der Waals surface area contributed by atoms with E-state index >= 15 is 0 Å². The molecule has 48 heteroatoms. The van der Waals surface area contributed by atoms with Crippen molar-refractivity contribution in [2.45, 2.75) is 46.3 Å². The normalized spacial score (nSPS) is 12.0. The van der Waals surface area contributed by atoms with E-state index in [1.807, 2.05) is 13.8 Å². The summed E-state index contributed by atoms with van der Waals surface area (Å²) < 4.78 is 209. The van der Waals surface area contributed by atoms with Crippen LogP contribution >= 0.6 is 23.2 Å². The molecular formula is C60H50Cl2N14Na4O22S6. The molecule has 36 nitrogen and oxygen atoms in total. The maximum absolute atomic E-state index is 14.1. The van der Waals surface area contributed by atoms with Crippen LogP contribution < -0.4 is 159 Å². The number of aromatic nitrogens is 6. The van der Waals surface area contributed by atoms with Crippen molar-refractivity contribution in [3.8, 4) is 34.1 Å². The molecule has 10 rings (SSSR count). The maximum Gasteiger partial charge on any atom is 1.00 e. The zero-order valence-corrected chi connectivity index (χ0v) is 71.5. The first-order chi connectivity index (χ1) is 49.0. The van der Waals surface area contributed by atoms with Gasteiger partial charge in [-0.15, -0.1) is 20.5 Å². The van der Waals surface area contributed by atoms with Crippen molar-refractivity contribution >= 4 is 175 Å². The van der Waals surface area contributed by atoms with E-state index < -0.39 is 118 Å². The van der Waals surface area contributed by atoms with Crippen LogP contribution in [0.25, 0.3) is 32.7 Å². The molecule has 2 aromatic heterocycles. The number of ether oxygens (including phenoxy) is 2. The molecule has 0 saturated heterocycles. The number of azo groups is 2. The summed E-state index contributed by atoms with van der Waals surface area (Å²) in [4.78, 5) is 22.1. The topological polar surface area (TPSA) is 549 Å². The Morgan fingerprint density at radius 2 is 0.741 bits per heavy atom. The molecule has 0 amide bonds. The molecule has 0 aliphatic carbocycles. The first-order valence-corrected chi connectivity index (χ1v) is 39.3. The van der Waals surface area contributed by atoms with Gasteiger partial charge in [0.25, 0.3) is 0 Å². The first kappa shape index (κ1) is 90.8. The molecular weight excluding hydrogens is 1620 g/mol. The summed E-state index contributed by atoms with van der Waals surface area (Å²) >= 11 is 12.4. The van der Waals surface area contributed by atoms with E-state index in [-0.39, 0.29) is 243 Å². The van der Waals surface area contributed by atoms with Crippen LogP contribution in [0.15, 0.2) is 173 Å². The van der Waals surface area contributed by atoms with Gasteiger partial charge in [-0.05, 0) is 178 Å². The van der Waals surface area contributed by atoms with Crippen LogP contribution in [0.2, 0.25) is 10.6 Å². The quantitative estimate of drug-likeness (QED) is 0.0154. The van der Waals surface area contributed by atoms with Crippen molar-refractivity contribution in [1.82, 2.24) is 29.9 Å². The van der Waals surface area contributed by atoms with E-state index in [9.17, 15) is 69.8 Å². The molecule has 546 valence electrons. The predicted octanol–water partition coefficient (Wildman–Crippen LogP) is -2.12. The molecule has 0 fully saturated rings. The number of rotatable bonds is 31. The van der Waals surface area contributed by atoms with Crippen molar-refractivity contribution in [1.29, 1.82) is 0 Å². The van der Waals surface area contributed by atoms with Gasteiger partial charge < -0.3 is 50.1 Å². The molecule has 0 bridgehead atoms. The van der Waals surface area contributed by atoms with E-state index in [0.29, 0.717) is 24.0 Å². The Bertz CT molecular complexity index is 5460. The first-order valence-electron chi connectivity index (χ1n) is 29.7. The van der Waals surface area contributed by atoms with Gasteiger partial charge in [-0.3, -0.25) is 9.11 Å². The van der Waals surface area contributed by atoms with E-state index in [1.54, 1.807) is 24.3 Å². The molecule has 0 spiro atoms. The van der Waals surface area contributed by atoms with Crippen LogP contribution in [-0.2, 0) is 69.1 Å². The Hall–Kier alpha value is -6.06. The second-order valence-corrected chi connectivity index (χ2v) is 31.3. The Morgan fingerprint density at radius 1 is 0.417 bits per heavy atom. The molecule has 108 heavy (non-hydrogen) atoms. The number of halogens is 2. The van der Waals surface area contributed by atoms with Gasteiger partial charge in [0.1, 0.15) is 43.1 Å². The van der Waals surface area contributed by atoms with Crippen molar-refractivity contribution in [3.63, 3.8) is 0 Å². The fraction of sp³-hybridized carbons (Fsp3) is 0.167. The molecule has 8 aromatic carbocycles. The Morgan fingerprint density at radius 3 is 1.06 bits per heavy atom.